The molecule has 9 heteroatoms. The lowest BCUT2D eigenvalue weighted by atomic mass is 10.0. The van der Waals surface area contributed by atoms with Crippen molar-refractivity contribution in [2.45, 2.75) is 44.7 Å². The summed E-state index contributed by atoms with van der Waals surface area (Å²) < 4.78 is 13.4. The number of amides is 1. The average Bonchev–Trinajstić information content (AvgIpc) is 3.56. The molecule has 2 N–H and O–H groups in total. The highest BCUT2D eigenvalue weighted by Crippen LogP contribution is 2.29. The number of carbonyl (C=O) groups excluding carboxylic acids is 1. The van der Waals surface area contributed by atoms with Crippen LogP contribution in [0.15, 0.2) is 54.7 Å². The summed E-state index contributed by atoms with van der Waals surface area (Å²) in [6, 6.07) is 15.9. The van der Waals surface area contributed by atoms with Crippen LogP contribution in [0.5, 0.6) is 5.75 Å². The molecule has 2 aromatic carbocycles. The molecule has 1 amide bonds. The SMILES string of the molecule is COc1ccc(C2Cn3nnc(CN4CCC(NC(=O)c5ccc6cc[nH]c6c5)CC4)c3CO2)cc1. The van der Waals surface area contributed by atoms with Crippen molar-refractivity contribution in [1.29, 1.82) is 0 Å². The Bertz CT molecular complexity index is 1350. The third kappa shape index (κ3) is 4.59. The molecule has 6 rings (SSSR count). The number of aromatic nitrogens is 4. The Morgan fingerprint density at radius 3 is 2.81 bits per heavy atom. The molecule has 0 spiro atoms. The molecule has 2 aromatic heterocycles. The van der Waals surface area contributed by atoms with Gasteiger partial charge in [0.05, 0.1) is 26.0 Å². The van der Waals surface area contributed by atoms with Crippen LogP contribution in [0.1, 0.15) is 46.3 Å². The predicted octanol–water partition coefficient (Wildman–Crippen LogP) is 3.43. The minimum Gasteiger partial charge on any atom is -0.497 e. The van der Waals surface area contributed by atoms with Crippen LogP contribution in [-0.2, 0) is 24.4 Å². The van der Waals surface area contributed by atoms with E-state index in [0.717, 1.165) is 66.1 Å². The summed E-state index contributed by atoms with van der Waals surface area (Å²) in [5, 5.41) is 13.2. The second-order valence-corrected chi connectivity index (χ2v) is 9.54. The molecule has 1 atom stereocenters. The van der Waals surface area contributed by atoms with Gasteiger partial charge in [0.1, 0.15) is 17.5 Å². The topological polar surface area (TPSA) is 97.3 Å². The molecule has 1 fully saturated rings. The van der Waals surface area contributed by atoms with Gasteiger partial charge in [-0.05, 0) is 54.1 Å². The molecule has 4 aromatic rings. The fraction of sp³-hybridized carbons (Fsp3) is 0.370. The number of carbonyl (C=O) groups is 1. The lowest BCUT2D eigenvalue weighted by Gasteiger charge is -2.32. The van der Waals surface area contributed by atoms with E-state index in [2.05, 4.69) is 25.5 Å². The fourth-order valence-electron chi connectivity index (χ4n) is 5.11. The van der Waals surface area contributed by atoms with Crippen LogP contribution in [-0.4, -0.2) is 57.0 Å². The van der Waals surface area contributed by atoms with Crippen LogP contribution >= 0.6 is 0 Å². The average molecular weight is 487 g/mol. The van der Waals surface area contributed by atoms with Crippen LogP contribution in [0.3, 0.4) is 0 Å². The van der Waals surface area contributed by atoms with E-state index in [9.17, 15) is 4.79 Å². The van der Waals surface area contributed by atoms with Gasteiger partial charge in [-0.2, -0.15) is 0 Å². The largest absolute Gasteiger partial charge is 0.497 e. The number of nitrogens with one attached hydrogen (secondary N) is 2. The summed E-state index contributed by atoms with van der Waals surface area (Å²) in [6.07, 6.45) is 3.67. The highest BCUT2D eigenvalue weighted by atomic mass is 16.5. The van der Waals surface area contributed by atoms with Crippen molar-refractivity contribution in [3.8, 4) is 5.75 Å². The number of fused-ring (bicyclic) bond motifs is 2. The number of H-pyrrole nitrogens is 1. The second kappa shape index (κ2) is 9.75. The first-order chi connectivity index (χ1) is 17.7. The van der Waals surface area contributed by atoms with Crippen LogP contribution in [0.25, 0.3) is 10.9 Å². The number of piperidine rings is 1. The van der Waals surface area contributed by atoms with Gasteiger partial charge >= 0.3 is 0 Å². The minimum absolute atomic E-state index is 0.0131. The molecule has 1 saturated heterocycles. The van der Waals surface area contributed by atoms with Gasteiger partial charge in [-0.1, -0.05) is 23.4 Å². The molecule has 9 nitrogen and oxygen atoms in total. The third-order valence-corrected chi connectivity index (χ3v) is 7.28. The zero-order valence-electron chi connectivity index (χ0n) is 20.3. The first-order valence-corrected chi connectivity index (χ1v) is 12.4. The molecular formula is C27H30N6O3. The molecule has 0 aliphatic carbocycles. The lowest BCUT2D eigenvalue weighted by molar-refractivity contribution is -0.00218. The van der Waals surface area contributed by atoms with Crippen LogP contribution in [0.2, 0.25) is 0 Å². The van der Waals surface area contributed by atoms with Crippen LogP contribution < -0.4 is 10.1 Å². The highest BCUT2D eigenvalue weighted by Gasteiger charge is 2.27. The van der Waals surface area contributed by atoms with Crippen molar-refractivity contribution in [1.82, 2.24) is 30.2 Å². The highest BCUT2D eigenvalue weighted by molar-refractivity contribution is 5.98. The maximum absolute atomic E-state index is 12.8. The molecule has 2 aliphatic heterocycles. The summed E-state index contributed by atoms with van der Waals surface area (Å²) in [5.74, 6) is 0.820. The Morgan fingerprint density at radius 1 is 1.17 bits per heavy atom. The number of hydrogen-bond acceptors (Lipinski definition) is 6. The molecule has 2 aliphatic rings. The fourth-order valence-corrected chi connectivity index (χ4v) is 5.11. The van der Waals surface area contributed by atoms with Crippen LogP contribution in [0, 0.1) is 0 Å². The number of nitrogens with zero attached hydrogens (tertiary/aromatic N) is 4. The summed E-state index contributed by atoms with van der Waals surface area (Å²) in [4.78, 5) is 18.3. The van der Waals surface area contributed by atoms with Gasteiger partial charge in [-0.3, -0.25) is 9.69 Å². The minimum atomic E-state index is -0.0463. The van der Waals surface area contributed by atoms with Gasteiger partial charge in [0.2, 0.25) is 0 Å². The number of hydrogen-bond donors (Lipinski definition) is 2. The summed E-state index contributed by atoms with van der Waals surface area (Å²) >= 11 is 0. The molecule has 4 heterocycles. The van der Waals surface area contributed by atoms with E-state index < -0.39 is 0 Å². The smallest absolute Gasteiger partial charge is 0.251 e. The molecule has 1 unspecified atom stereocenters. The van der Waals surface area contributed by atoms with E-state index in [0.29, 0.717) is 18.7 Å². The van der Waals surface area contributed by atoms with Gasteiger partial charge in [-0.15, -0.1) is 5.10 Å². The van der Waals surface area contributed by atoms with Gasteiger partial charge in [0.15, 0.2) is 0 Å². The van der Waals surface area contributed by atoms with Crippen molar-refractivity contribution >= 4 is 16.8 Å². The number of methoxy groups -OCH3 is 1. The van der Waals surface area contributed by atoms with Crippen molar-refractivity contribution in [2.75, 3.05) is 20.2 Å². The van der Waals surface area contributed by atoms with Crippen LogP contribution in [0.4, 0.5) is 0 Å². The molecule has 186 valence electrons. The van der Waals surface area contributed by atoms with E-state index in [1.165, 1.54) is 0 Å². The van der Waals surface area contributed by atoms with Crippen molar-refractivity contribution < 1.29 is 14.3 Å². The lowest BCUT2D eigenvalue weighted by Crippen LogP contribution is -2.44. The quantitative estimate of drug-likeness (QED) is 0.433. The molecular weight excluding hydrogens is 456 g/mol. The summed E-state index contributed by atoms with van der Waals surface area (Å²) in [7, 11) is 1.67. The second-order valence-electron chi connectivity index (χ2n) is 9.54. The van der Waals surface area contributed by atoms with Gasteiger partial charge < -0.3 is 19.8 Å². The molecule has 0 bridgehead atoms. The summed E-state index contributed by atoms with van der Waals surface area (Å²) in [5.41, 5.74) is 4.81. The van der Waals surface area contributed by atoms with E-state index in [4.69, 9.17) is 9.47 Å². The molecule has 0 radical (unpaired) electrons. The summed E-state index contributed by atoms with van der Waals surface area (Å²) in [6.45, 7) is 3.70. The monoisotopic (exact) mass is 486 g/mol. The van der Waals surface area contributed by atoms with Gasteiger partial charge in [0, 0.05) is 43.0 Å². The number of rotatable bonds is 6. The number of ether oxygens (including phenoxy) is 2. The Hall–Kier alpha value is -3.69. The first-order valence-electron chi connectivity index (χ1n) is 12.4. The van der Waals surface area contributed by atoms with Crippen molar-refractivity contribution in [3.05, 3.63) is 77.2 Å². The molecule has 36 heavy (non-hydrogen) atoms. The Morgan fingerprint density at radius 2 is 2.00 bits per heavy atom. The van der Waals surface area contributed by atoms with Crippen molar-refractivity contribution in [2.24, 2.45) is 0 Å². The van der Waals surface area contributed by atoms with E-state index >= 15 is 0 Å². The number of aromatic amines is 1. The maximum Gasteiger partial charge on any atom is 0.251 e. The zero-order valence-corrected chi connectivity index (χ0v) is 20.3. The predicted molar refractivity (Wildman–Crippen MR) is 135 cm³/mol. The zero-order chi connectivity index (χ0) is 24.5. The number of benzene rings is 2. The van der Waals surface area contributed by atoms with Gasteiger partial charge in [-0.25, -0.2) is 4.68 Å². The first kappa shape index (κ1) is 22.8. The van der Waals surface area contributed by atoms with E-state index in [1.54, 1.807) is 7.11 Å². The van der Waals surface area contributed by atoms with E-state index in [-0.39, 0.29) is 18.1 Å². The maximum atomic E-state index is 12.8. The Kier molecular flexibility index (Phi) is 6.16. The standard InChI is InChI=1S/C27H30N6O3/c1-35-22-6-4-19(5-7-22)26-16-33-25(17-36-26)24(30-31-33)15-32-12-9-21(10-13-32)29-27(34)20-3-2-18-8-11-28-23(18)14-20/h2-8,11,14,21,26,28H,9-10,12-13,15-17H2,1H3,(H,29,34). The third-order valence-electron chi connectivity index (χ3n) is 7.28. The molecule has 0 saturated carbocycles. The Labute approximate surface area is 209 Å². The van der Waals surface area contributed by atoms with Gasteiger partial charge in [0.25, 0.3) is 5.91 Å². The normalized spacial score (nSPS) is 18.8. The number of likely N-dealkylation sites (tertiary alicyclic amines) is 1. The Balaban J connectivity index is 1.02. The van der Waals surface area contributed by atoms with E-state index in [1.807, 2.05) is 59.4 Å². The van der Waals surface area contributed by atoms with Crippen molar-refractivity contribution in [3.63, 3.8) is 0 Å².